The summed E-state index contributed by atoms with van der Waals surface area (Å²) < 4.78 is 31.1. The van der Waals surface area contributed by atoms with Crippen molar-refractivity contribution in [2.45, 2.75) is 17.7 Å². The number of fused-ring (bicyclic) bond motifs is 1. The molecule has 0 saturated carbocycles. The van der Waals surface area contributed by atoms with Gasteiger partial charge < -0.3 is 10.4 Å². The fourth-order valence-corrected chi connectivity index (χ4v) is 2.54. The Morgan fingerprint density at radius 1 is 1.33 bits per heavy atom. The van der Waals surface area contributed by atoms with Gasteiger partial charge in [-0.15, -0.1) is 0 Å². The molecule has 3 N–H and O–H groups in total. The third kappa shape index (κ3) is 1.78. The van der Waals surface area contributed by atoms with Crippen LogP contribution in [-0.2, 0) is 16.5 Å². The van der Waals surface area contributed by atoms with E-state index in [0.29, 0.717) is 24.2 Å². The number of nitrogens with one attached hydrogen (secondary N) is 1. The first-order valence-corrected chi connectivity index (χ1v) is 6.00. The van der Waals surface area contributed by atoms with Gasteiger partial charge in [-0.1, -0.05) is 0 Å². The van der Waals surface area contributed by atoms with E-state index in [2.05, 4.69) is 5.32 Å². The predicted molar refractivity (Wildman–Crippen MR) is 54.7 cm³/mol. The molecule has 0 radical (unpaired) electrons. The lowest BCUT2D eigenvalue weighted by Gasteiger charge is -2.20. The van der Waals surface area contributed by atoms with Crippen molar-refractivity contribution in [3.63, 3.8) is 0 Å². The molecule has 1 heterocycles. The normalized spacial score (nSPS) is 15.5. The highest BCUT2D eigenvalue weighted by Crippen LogP contribution is 2.35. The lowest BCUT2D eigenvalue weighted by molar-refractivity contribution is 0.471. The third-order valence-corrected chi connectivity index (χ3v) is 3.37. The maximum atomic E-state index is 11.1. The molecular formula is C9H11NO4S. The highest BCUT2D eigenvalue weighted by molar-refractivity contribution is 7.85. The van der Waals surface area contributed by atoms with Crippen LogP contribution in [0.1, 0.15) is 12.0 Å². The highest BCUT2D eigenvalue weighted by atomic mass is 32.2. The summed E-state index contributed by atoms with van der Waals surface area (Å²) in [5.74, 6) is 0.0112. The number of anilines is 1. The van der Waals surface area contributed by atoms with E-state index in [0.717, 1.165) is 6.42 Å². The highest BCUT2D eigenvalue weighted by Gasteiger charge is 2.22. The Balaban J connectivity index is 2.69. The molecular weight excluding hydrogens is 218 g/mol. The second kappa shape index (κ2) is 3.39. The third-order valence-electron chi connectivity index (χ3n) is 2.43. The van der Waals surface area contributed by atoms with Crippen LogP contribution in [0.4, 0.5) is 5.69 Å². The van der Waals surface area contributed by atoms with E-state index in [4.69, 9.17) is 4.55 Å². The van der Waals surface area contributed by atoms with Gasteiger partial charge in [0.1, 0.15) is 5.75 Å². The summed E-state index contributed by atoms with van der Waals surface area (Å²) >= 11 is 0. The Morgan fingerprint density at radius 3 is 2.73 bits per heavy atom. The van der Waals surface area contributed by atoms with Gasteiger partial charge in [-0.2, -0.15) is 8.42 Å². The fraction of sp³-hybridized carbons (Fsp3) is 0.333. The largest absolute Gasteiger partial charge is 0.506 e. The van der Waals surface area contributed by atoms with E-state index < -0.39 is 10.1 Å². The molecule has 0 aromatic heterocycles. The monoisotopic (exact) mass is 229 g/mol. The van der Waals surface area contributed by atoms with Gasteiger partial charge in [0.25, 0.3) is 10.1 Å². The summed E-state index contributed by atoms with van der Waals surface area (Å²) in [6.07, 6.45) is 1.31. The van der Waals surface area contributed by atoms with Gasteiger partial charge in [-0.3, -0.25) is 4.55 Å². The van der Waals surface area contributed by atoms with Crippen LogP contribution in [0.25, 0.3) is 0 Å². The molecule has 1 aliphatic rings. The van der Waals surface area contributed by atoms with Crippen LogP contribution in [-0.4, -0.2) is 24.6 Å². The molecule has 0 atom stereocenters. The molecule has 0 bridgehead atoms. The zero-order valence-corrected chi connectivity index (χ0v) is 8.71. The van der Waals surface area contributed by atoms with Crippen molar-refractivity contribution < 1.29 is 18.1 Å². The molecule has 82 valence electrons. The molecule has 0 spiro atoms. The zero-order valence-electron chi connectivity index (χ0n) is 7.90. The quantitative estimate of drug-likeness (QED) is 0.494. The molecule has 1 aromatic rings. The minimum atomic E-state index is -4.21. The smallest absolute Gasteiger partial charge is 0.294 e. The van der Waals surface area contributed by atoms with E-state index in [1.54, 1.807) is 0 Å². The van der Waals surface area contributed by atoms with E-state index >= 15 is 0 Å². The van der Waals surface area contributed by atoms with Crippen LogP contribution >= 0.6 is 0 Å². The Hall–Kier alpha value is -1.27. The van der Waals surface area contributed by atoms with Crippen molar-refractivity contribution in [1.29, 1.82) is 0 Å². The maximum absolute atomic E-state index is 11.1. The van der Waals surface area contributed by atoms with Crippen LogP contribution in [0.2, 0.25) is 0 Å². The molecule has 6 heteroatoms. The molecule has 2 rings (SSSR count). The standard InChI is InChI=1S/C9H11NO4S/c11-7-3-4-8(15(12,13)14)6-2-1-5-10-9(6)7/h3-4,10-11H,1-2,5H2,(H,12,13,14). The number of benzene rings is 1. The van der Waals surface area contributed by atoms with E-state index in [-0.39, 0.29) is 10.6 Å². The fourth-order valence-electron chi connectivity index (χ4n) is 1.78. The topological polar surface area (TPSA) is 86.6 Å². The average Bonchev–Trinajstić information content (AvgIpc) is 2.17. The molecule has 1 aliphatic heterocycles. The lowest BCUT2D eigenvalue weighted by Crippen LogP contribution is -2.15. The van der Waals surface area contributed by atoms with Gasteiger partial charge in [-0.05, 0) is 25.0 Å². The number of hydrogen-bond donors (Lipinski definition) is 3. The summed E-state index contributed by atoms with van der Waals surface area (Å²) in [4.78, 5) is -0.123. The van der Waals surface area contributed by atoms with Crippen molar-refractivity contribution in [1.82, 2.24) is 0 Å². The summed E-state index contributed by atoms with van der Waals surface area (Å²) in [6.45, 7) is 0.690. The first-order valence-electron chi connectivity index (χ1n) is 4.56. The molecule has 0 fully saturated rings. The van der Waals surface area contributed by atoms with Gasteiger partial charge in [0.2, 0.25) is 0 Å². The molecule has 0 amide bonds. The summed E-state index contributed by atoms with van der Waals surface area (Å²) in [5.41, 5.74) is 0.875. The maximum Gasteiger partial charge on any atom is 0.294 e. The van der Waals surface area contributed by atoms with Crippen LogP contribution in [0.3, 0.4) is 0 Å². The van der Waals surface area contributed by atoms with Crippen LogP contribution < -0.4 is 5.32 Å². The van der Waals surface area contributed by atoms with Gasteiger partial charge in [0.15, 0.2) is 0 Å². The van der Waals surface area contributed by atoms with E-state index in [9.17, 15) is 13.5 Å². The van der Waals surface area contributed by atoms with Gasteiger partial charge in [-0.25, -0.2) is 0 Å². The first-order chi connectivity index (χ1) is 7.00. The first kappa shape index (κ1) is 10.3. The molecule has 0 saturated heterocycles. The van der Waals surface area contributed by atoms with Crippen LogP contribution in [0.15, 0.2) is 17.0 Å². The van der Waals surface area contributed by atoms with Gasteiger partial charge >= 0.3 is 0 Å². The van der Waals surface area contributed by atoms with Crippen molar-refractivity contribution in [3.05, 3.63) is 17.7 Å². The van der Waals surface area contributed by atoms with Crippen molar-refractivity contribution >= 4 is 15.8 Å². The number of phenolic OH excluding ortho intramolecular Hbond substituents is 1. The Kier molecular flexibility index (Phi) is 2.32. The van der Waals surface area contributed by atoms with Crippen LogP contribution in [0, 0.1) is 0 Å². The van der Waals surface area contributed by atoms with Gasteiger partial charge in [0.05, 0.1) is 10.6 Å². The minimum Gasteiger partial charge on any atom is -0.506 e. The molecule has 5 nitrogen and oxygen atoms in total. The van der Waals surface area contributed by atoms with Gasteiger partial charge in [0, 0.05) is 12.1 Å². The van der Waals surface area contributed by atoms with Crippen molar-refractivity contribution in [2.75, 3.05) is 11.9 Å². The average molecular weight is 229 g/mol. The Morgan fingerprint density at radius 2 is 2.07 bits per heavy atom. The second-order valence-electron chi connectivity index (χ2n) is 3.44. The SMILES string of the molecule is O=S(=O)(O)c1ccc(O)c2c1CCCN2. The molecule has 15 heavy (non-hydrogen) atoms. The second-order valence-corrected chi connectivity index (χ2v) is 4.83. The molecule has 0 aliphatic carbocycles. The van der Waals surface area contributed by atoms with Crippen molar-refractivity contribution in [2.24, 2.45) is 0 Å². The number of hydrogen-bond acceptors (Lipinski definition) is 4. The van der Waals surface area contributed by atoms with Crippen molar-refractivity contribution in [3.8, 4) is 5.75 Å². The Labute approximate surface area is 87.5 Å². The van der Waals surface area contributed by atoms with E-state index in [1.807, 2.05) is 0 Å². The lowest BCUT2D eigenvalue weighted by atomic mass is 10.0. The predicted octanol–water partition coefficient (Wildman–Crippen LogP) is 0.997. The molecule has 0 unspecified atom stereocenters. The minimum absolute atomic E-state index is 0.0112. The zero-order chi connectivity index (χ0) is 11.1. The number of aromatic hydroxyl groups is 1. The summed E-state index contributed by atoms with van der Waals surface area (Å²) in [6, 6.07) is 2.48. The Bertz CT molecular complexity index is 495. The molecule has 1 aromatic carbocycles. The van der Waals surface area contributed by atoms with E-state index in [1.165, 1.54) is 12.1 Å². The summed E-state index contributed by atoms with van der Waals surface area (Å²) in [5, 5.41) is 12.4. The summed E-state index contributed by atoms with van der Waals surface area (Å²) in [7, 11) is -4.21. The van der Waals surface area contributed by atoms with Crippen LogP contribution in [0.5, 0.6) is 5.75 Å². The number of phenols is 1. The number of rotatable bonds is 1.